The summed E-state index contributed by atoms with van der Waals surface area (Å²) in [6.07, 6.45) is 1.68. The van der Waals surface area contributed by atoms with Crippen LogP contribution >= 0.6 is 11.8 Å². The molecular formula is C24H26N6O4S. The average Bonchev–Trinajstić information content (AvgIpc) is 3.45. The minimum atomic E-state index is -0.472. The van der Waals surface area contributed by atoms with Crippen molar-refractivity contribution >= 4 is 35.0 Å². The van der Waals surface area contributed by atoms with Gasteiger partial charge >= 0.3 is 0 Å². The molecule has 1 saturated heterocycles. The summed E-state index contributed by atoms with van der Waals surface area (Å²) in [6.45, 7) is 4.35. The summed E-state index contributed by atoms with van der Waals surface area (Å²) in [6, 6.07) is 11.7. The van der Waals surface area contributed by atoms with Gasteiger partial charge in [0.15, 0.2) is 11.0 Å². The molecule has 1 N–H and O–H groups in total. The van der Waals surface area contributed by atoms with E-state index in [4.69, 9.17) is 0 Å². The normalized spacial score (nSPS) is 15.3. The van der Waals surface area contributed by atoms with E-state index >= 15 is 0 Å². The lowest BCUT2D eigenvalue weighted by atomic mass is 10.1. The minimum absolute atomic E-state index is 0.0247. The third-order valence-electron chi connectivity index (χ3n) is 6.01. The number of aromatic nitrogens is 3. The maximum atomic E-state index is 13.1. The second-order valence-corrected chi connectivity index (χ2v) is 9.46. The van der Waals surface area contributed by atoms with E-state index in [9.17, 15) is 19.7 Å². The first kappa shape index (κ1) is 24.4. The number of nitro groups is 1. The van der Waals surface area contributed by atoms with Gasteiger partial charge in [-0.1, -0.05) is 29.5 Å². The van der Waals surface area contributed by atoms with E-state index in [-0.39, 0.29) is 29.3 Å². The fourth-order valence-electron chi connectivity index (χ4n) is 4.10. The predicted octanol–water partition coefficient (Wildman–Crippen LogP) is 4.05. The number of nitrogens with zero attached hydrogens (tertiary/aromatic N) is 5. The minimum Gasteiger partial charge on any atom is -0.328 e. The van der Waals surface area contributed by atoms with E-state index < -0.39 is 4.92 Å². The molecule has 2 aromatic carbocycles. The van der Waals surface area contributed by atoms with Crippen LogP contribution in [0.2, 0.25) is 0 Å². The van der Waals surface area contributed by atoms with Gasteiger partial charge in [-0.2, -0.15) is 0 Å². The van der Waals surface area contributed by atoms with Crippen LogP contribution in [-0.4, -0.2) is 48.7 Å². The number of benzene rings is 2. The van der Waals surface area contributed by atoms with E-state index in [0.29, 0.717) is 34.3 Å². The molecule has 0 bridgehead atoms. The summed E-state index contributed by atoms with van der Waals surface area (Å²) < 4.78 is 1.83. The van der Waals surface area contributed by atoms with Gasteiger partial charge in [-0.15, -0.1) is 10.2 Å². The Labute approximate surface area is 206 Å². The van der Waals surface area contributed by atoms with Crippen LogP contribution in [0.1, 0.15) is 46.2 Å². The number of thioether (sulfide) groups is 1. The molecule has 0 saturated carbocycles. The smallest absolute Gasteiger partial charge is 0.269 e. The van der Waals surface area contributed by atoms with Gasteiger partial charge in [0, 0.05) is 37.0 Å². The zero-order valence-corrected chi connectivity index (χ0v) is 20.5. The average molecular weight is 495 g/mol. The highest BCUT2D eigenvalue weighted by molar-refractivity contribution is 7.99. The van der Waals surface area contributed by atoms with Crippen LogP contribution in [0.3, 0.4) is 0 Å². The van der Waals surface area contributed by atoms with Gasteiger partial charge in [0.25, 0.3) is 11.6 Å². The van der Waals surface area contributed by atoms with Crippen molar-refractivity contribution in [3.8, 4) is 0 Å². The van der Waals surface area contributed by atoms with E-state index in [1.807, 2.05) is 47.7 Å². The van der Waals surface area contributed by atoms with E-state index in [2.05, 4.69) is 15.5 Å². The van der Waals surface area contributed by atoms with Crippen molar-refractivity contribution in [1.29, 1.82) is 0 Å². The number of likely N-dealkylation sites (tertiary alicyclic amines) is 1. The van der Waals surface area contributed by atoms with Crippen LogP contribution in [-0.2, 0) is 11.8 Å². The SMILES string of the molecule is Cc1ccc(C(=O)N2CCCC2c2nnc(SCC(=O)Nc3ccc([N+](=O)[O-])cc3C)n2C)cc1. The molecule has 182 valence electrons. The van der Waals surface area contributed by atoms with Gasteiger partial charge in [0.2, 0.25) is 5.91 Å². The summed E-state index contributed by atoms with van der Waals surface area (Å²) in [7, 11) is 1.84. The number of hydrogen-bond donors (Lipinski definition) is 1. The number of rotatable bonds is 7. The fourth-order valence-corrected chi connectivity index (χ4v) is 4.82. The van der Waals surface area contributed by atoms with Crippen LogP contribution < -0.4 is 5.32 Å². The highest BCUT2D eigenvalue weighted by atomic mass is 32.2. The van der Waals surface area contributed by atoms with Gasteiger partial charge in [-0.25, -0.2) is 0 Å². The molecule has 1 aliphatic rings. The monoisotopic (exact) mass is 494 g/mol. The Morgan fingerprint density at radius 2 is 1.91 bits per heavy atom. The van der Waals surface area contributed by atoms with Gasteiger partial charge < -0.3 is 14.8 Å². The number of hydrogen-bond acceptors (Lipinski definition) is 7. The van der Waals surface area contributed by atoms with Gasteiger partial charge in [0.1, 0.15) is 0 Å². The molecule has 2 amide bonds. The van der Waals surface area contributed by atoms with Crippen molar-refractivity contribution in [3.05, 3.63) is 75.1 Å². The first-order valence-electron chi connectivity index (χ1n) is 11.2. The number of carbonyl (C=O) groups excluding carboxylic acids is 2. The molecular weight excluding hydrogens is 468 g/mol. The maximum absolute atomic E-state index is 13.1. The molecule has 1 unspecified atom stereocenters. The topological polar surface area (TPSA) is 123 Å². The molecule has 0 radical (unpaired) electrons. The van der Waals surface area contributed by atoms with Crippen molar-refractivity contribution in [1.82, 2.24) is 19.7 Å². The van der Waals surface area contributed by atoms with Crippen LogP contribution in [0.15, 0.2) is 47.6 Å². The van der Waals surface area contributed by atoms with Crippen LogP contribution in [0.25, 0.3) is 0 Å². The Morgan fingerprint density at radius 3 is 2.60 bits per heavy atom. The van der Waals surface area contributed by atoms with Crippen LogP contribution in [0.5, 0.6) is 0 Å². The van der Waals surface area contributed by atoms with Crippen molar-refractivity contribution < 1.29 is 14.5 Å². The van der Waals surface area contributed by atoms with Gasteiger partial charge in [-0.3, -0.25) is 19.7 Å². The van der Waals surface area contributed by atoms with E-state index in [0.717, 1.165) is 18.4 Å². The first-order chi connectivity index (χ1) is 16.7. The molecule has 0 spiro atoms. The maximum Gasteiger partial charge on any atom is 0.269 e. The second kappa shape index (κ2) is 10.3. The summed E-state index contributed by atoms with van der Waals surface area (Å²) in [5.41, 5.74) is 2.86. The Bertz CT molecular complexity index is 1270. The zero-order chi connectivity index (χ0) is 25.1. The second-order valence-electron chi connectivity index (χ2n) is 8.52. The van der Waals surface area contributed by atoms with Crippen molar-refractivity contribution in [2.45, 2.75) is 37.9 Å². The molecule has 0 aliphatic carbocycles. The van der Waals surface area contributed by atoms with Gasteiger partial charge in [-0.05, 0) is 50.5 Å². The molecule has 2 heterocycles. The molecule has 1 aromatic heterocycles. The number of anilines is 1. The Balaban J connectivity index is 1.40. The molecule has 4 rings (SSSR count). The molecule has 11 heteroatoms. The first-order valence-corrected chi connectivity index (χ1v) is 12.2. The quantitative estimate of drug-likeness (QED) is 0.299. The number of nitrogens with one attached hydrogen (secondary N) is 1. The summed E-state index contributed by atoms with van der Waals surface area (Å²) in [4.78, 5) is 37.8. The lowest BCUT2D eigenvalue weighted by Gasteiger charge is -2.24. The third kappa shape index (κ3) is 5.35. The van der Waals surface area contributed by atoms with Crippen LogP contribution in [0, 0.1) is 24.0 Å². The predicted molar refractivity (Wildman–Crippen MR) is 132 cm³/mol. The standard InChI is InChI=1S/C24H26N6O4S/c1-15-6-8-17(9-7-15)23(32)29-12-4-5-20(29)22-26-27-24(28(22)3)35-14-21(31)25-19-11-10-18(30(33)34)13-16(19)2/h6-11,13,20H,4-5,12,14H2,1-3H3,(H,25,31). The molecule has 1 fully saturated rings. The number of non-ortho nitro benzene ring substituents is 1. The highest BCUT2D eigenvalue weighted by Gasteiger charge is 2.34. The number of amides is 2. The van der Waals surface area contributed by atoms with Crippen molar-refractivity contribution in [3.63, 3.8) is 0 Å². The van der Waals surface area contributed by atoms with Crippen LogP contribution in [0.4, 0.5) is 11.4 Å². The molecule has 3 aromatic rings. The number of aryl methyl sites for hydroxylation is 2. The molecule has 1 atom stereocenters. The summed E-state index contributed by atoms with van der Waals surface area (Å²) >= 11 is 1.24. The van der Waals surface area contributed by atoms with Gasteiger partial charge in [0.05, 0.1) is 16.7 Å². The van der Waals surface area contributed by atoms with E-state index in [1.165, 1.54) is 30.0 Å². The lowest BCUT2D eigenvalue weighted by molar-refractivity contribution is -0.384. The Morgan fingerprint density at radius 1 is 1.17 bits per heavy atom. The largest absolute Gasteiger partial charge is 0.328 e. The highest BCUT2D eigenvalue weighted by Crippen LogP contribution is 2.33. The zero-order valence-electron chi connectivity index (χ0n) is 19.7. The summed E-state index contributed by atoms with van der Waals surface area (Å²) in [5.74, 6) is 0.507. The summed E-state index contributed by atoms with van der Waals surface area (Å²) in [5, 5.41) is 22.8. The molecule has 35 heavy (non-hydrogen) atoms. The Hall–Kier alpha value is -3.73. The molecule has 1 aliphatic heterocycles. The molecule has 10 nitrogen and oxygen atoms in total. The van der Waals surface area contributed by atoms with Crippen molar-refractivity contribution in [2.24, 2.45) is 7.05 Å². The third-order valence-corrected chi connectivity index (χ3v) is 7.03. The number of carbonyl (C=O) groups is 2. The van der Waals surface area contributed by atoms with E-state index in [1.54, 1.807) is 6.92 Å². The lowest BCUT2D eigenvalue weighted by Crippen LogP contribution is -2.31. The number of nitro benzene ring substituents is 1. The fraction of sp³-hybridized carbons (Fsp3) is 0.333. The van der Waals surface area contributed by atoms with Crippen molar-refractivity contribution in [2.75, 3.05) is 17.6 Å². The Kier molecular flexibility index (Phi) is 7.15.